The van der Waals surface area contributed by atoms with Crippen molar-refractivity contribution in [3.8, 4) is 0 Å². The summed E-state index contributed by atoms with van der Waals surface area (Å²) in [6, 6.07) is 19.3. The molecule has 0 aliphatic carbocycles. The normalized spacial score (nSPS) is 19.9. The van der Waals surface area contributed by atoms with Crippen molar-refractivity contribution in [2.24, 2.45) is 0 Å². The highest BCUT2D eigenvalue weighted by molar-refractivity contribution is 5.42. The third-order valence-corrected chi connectivity index (χ3v) is 4.33. The molecule has 0 radical (unpaired) electrons. The van der Waals surface area contributed by atoms with E-state index in [9.17, 15) is 0 Å². The molecule has 23 heavy (non-hydrogen) atoms. The lowest BCUT2D eigenvalue weighted by Gasteiger charge is -2.31. The molecule has 5 nitrogen and oxygen atoms in total. The summed E-state index contributed by atoms with van der Waals surface area (Å²) in [6.07, 6.45) is 0.906. The molecule has 0 saturated heterocycles. The fourth-order valence-corrected chi connectivity index (χ4v) is 3.25. The van der Waals surface area contributed by atoms with Gasteiger partial charge in [-0.1, -0.05) is 60.2 Å². The first-order valence-electron chi connectivity index (χ1n) is 7.81. The average molecular weight is 305 g/mol. The van der Waals surface area contributed by atoms with E-state index in [2.05, 4.69) is 70.9 Å². The molecule has 1 aliphatic heterocycles. The Bertz CT molecular complexity index is 824. The Labute approximate surface area is 135 Å². The number of rotatable bonds is 2. The summed E-state index contributed by atoms with van der Waals surface area (Å²) in [7, 11) is 0. The van der Waals surface area contributed by atoms with Gasteiger partial charge in [-0.3, -0.25) is 0 Å². The number of benzene rings is 2. The van der Waals surface area contributed by atoms with E-state index in [1.165, 1.54) is 16.7 Å². The Hall–Kier alpha value is -2.82. The standard InChI is InChI=1S/C18H19N5/c1-12-6-5-9-14(10-12)16-11-15(13-7-3-2-4-8-13)20-18-21-17(19)22-23(16)18/h2-10,15-16H,11H2,1H3,(H3,19,20,21,22)/t15-,16-/m0/s1. The zero-order valence-electron chi connectivity index (χ0n) is 13.0. The molecular weight excluding hydrogens is 286 g/mol. The monoisotopic (exact) mass is 305 g/mol. The zero-order chi connectivity index (χ0) is 15.8. The number of nitrogens with two attached hydrogens (primary N) is 1. The second kappa shape index (κ2) is 5.43. The van der Waals surface area contributed by atoms with Crippen molar-refractivity contribution < 1.29 is 0 Å². The summed E-state index contributed by atoms with van der Waals surface area (Å²) in [5.41, 5.74) is 9.56. The maximum atomic E-state index is 5.83. The predicted octanol–water partition coefficient (Wildman–Crippen LogP) is 3.32. The molecule has 3 N–H and O–H groups in total. The van der Waals surface area contributed by atoms with Gasteiger partial charge in [-0.15, -0.1) is 5.10 Å². The smallest absolute Gasteiger partial charge is 0.241 e. The van der Waals surface area contributed by atoms with Crippen LogP contribution in [0.1, 0.15) is 35.2 Å². The van der Waals surface area contributed by atoms with Gasteiger partial charge >= 0.3 is 0 Å². The van der Waals surface area contributed by atoms with Crippen LogP contribution in [0.25, 0.3) is 0 Å². The van der Waals surface area contributed by atoms with Crippen LogP contribution in [0.5, 0.6) is 0 Å². The second-order valence-electron chi connectivity index (χ2n) is 6.01. The van der Waals surface area contributed by atoms with Crippen LogP contribution in [-0.2, 0) is 0 Å². The van der Waals surface area contributed by atoms with Crippen LogP contribution < -0.4 is 11.1 Å². The van der Waals surface area contributed by atoms with Crippen LogP contribution in [0.3, 0.4) is 0 Å². The van der Waals surface area contributed by atoms with E-state index in [1.54, 1.807) is 0 Å². The SMILES string of the molecule is Cc1cccc([C@@H]2C[C@@H](c3ccccc3)Nc3nc(N)nn32)c1. The fourth-order valence-electron chi connectivity index (χ4n) is 3.25. The summed E-state index contributed by atoms with van der Waals surface area (Å²) in [5, 5.41) is 7.85. The van der Waals surface area contributed by atoms with Gasteiger partial charge in [0.05, 0.1) is 12.1 Å². The molecule has 0 spiro atoms. The molecule has 1 aromatic heterocycles. The summed E-state index contributed by atoms with van der Waals surface area (Å²) in [6.45, 7) is 2.11. The van der Waals surface area contributed by atoms with E-state index in [0.29, 0.717) is 5.95 Å². The van der Waals surface area contributed by atoms with Gasteiger partial charge in [0.15, 0.2) is 0 Å². The average Bonchev–Trinajstić information content (AvgIpc) is 2.95. The second-order valence-corrected chi connectivity index (χ2v) is 6.01. The zero-order valence-corrected chi connectivity index (χ0v) is 13.0. The highest BCUT2D eigenvalue weighted by Gasteiger charge is 2.30. The van der Waals surface area contributed by atoms with Gasteiger partial charge in [0, 0.05) is 0 Å². The van der Waals surface area contributed by atoms with Crippen LogP contribution in [0.4, 0.5) is 11.9 Å². The Morgan fingerprint density at radius 3 is 2.65 bits per heavy atom. The van der Waals surface area contributed by atoms with Crippen molar-refractivity contribution in [2.75, 3.05) is 11.1 Å². The van der Waals surface area contributed by atoms with Gasteiger partial charge in [0.1, 0.15) is 0 Å². The van der Waals surface area contributed by atoms with Crippen LogP contribution in [0.15, 0.2) is 54.6 Å². The van der Waals surface area contributed by atoms with E-state index in [4.69, 9.17) is 5.73 Å². The summed E-state index contributed by atoms with van der Waals surface area (Å²) < 4.78 is 1.91. The predicted molar refractivity (Wildman–Crippen MR) is 91.2 cm³/mol. The first-order chi connectivity index (χ1) is 11.2. The van der Waals surface area contributed by atoms with Gasteiger partial charge in [0.25, 0.3) is 0 Å². The number of hydrogen-bond donors (Lipinski definition) is 2. The van der Waals surface area contributed by atoms with Crippen LogP contribution in [0, 0.1) is 6.92 Å². The number of nitrogens with one attached hydrogen (secondary N) is 1. The van der Waals surface area contributed by atoms with Crippen molar-refractivity contribution in [1.82, 2.24) is 14.8 Å². The van der Waals surface area contributed by atoms with E-state index in [0.717, 1.165) is 12.4 Å². The molecule has 3 aromatic rings. The maximum absolute atomic E-state index is 5.83. The fraction of sp³-hybridized carbons (Fsp3) is 0.222. The number of anilines is 2. The van der Waals surface area contributed by atoms with Gasteiger partial charge in [-0.2, -0.15) is 4.98 Å². The molecule has 2 aromatic carbocycles. The number of aromatic nitrogens is 3. The lowest BCUT2D eigenvalue weighted by molar-refractivity contribution is 0.431. The van der Waals surface area contributed by atoms with Crippen molar-refractivity contribution in [1.29, 1.82) is 0 Å². The summed E-state index contributed by atoms with van der Waals surface area (Å²) >= 11 is 0. The molecular formula is C18H19N5. The molecule has 2 atom stereocenters. The Kier molecular flexibility index (Phi) is 3.26. The number of hydrogen-bond acceptors (Lipinski definition) is 4. The van der Waals surface area contributed by atoms with E-state index >= 15 is 0 Å². The quantitative estimate of drug-likeness (QED) is 0.762. The number of aryl methyl sites for hydroxylation is 1. The third kappa shape index (κ3) is 2.54. The van der Waals surface area contributed by atoms with Crippen molar-refractivity contribution in [2.45, 2.75) is 25.4 Å². The molecule has 0 saturated carbocycles. The molecule has 2 heterocycles. The van der Waals surface area contributed by atoms with Crippen molar-refractivity contribution in [3.05, 3.63) is 71.3 Å². The van der Waals surface area contributed by atoms with Gasteiger partial charge in [-0.05, 0) is 24.5 Å². The lowest BCUT2D eigenvalue weighted by Crippen LogP contribution is -2.28. The minimum absolute atomic E-state index is 0.126. The molecule has 116 valence electrons. The lowest BCUT2D eigenvalue weighted by atomic mass is 9.93. The first-order valence-corrected chi connectivity index (χ1v) is 7.81. The minimum atomic E-state index is 0.126. The molecule has 5 heteroatoms. The molecule has 4 rings (SSSR count). The van der Waals surface area contributed by atoms with E-state index in [1.807, 2.05) is 10.7 Å². The van der Waals surface area contributed by atoms with Gasteiger partial charge in [-0.25, -0.2) is 4.68 Å². The molecule has 0 bridgehead atoms. The highest BCUT2D eigenvalue weighted by Crippen LogP contribution is 2.37. The number of fused-ring (bicyclic) bond motifs is 1. The summed E-state index contributed by atoms with van der Waals surface area (Å²) in [5.74, 6) is 1.04. The third-order valence-electron chi connectivity index (χ3n) is 4.33. The van der Waals surface area contributed by atoms with Crippen molar-refractivity contribution in [3.63, 3.8) is 0 Å². The summed E-state index contributed by atoms with van der Waals surface area (Å²) in [4.78, 5) is 4.34. The Balaban J connectivity index is 1.78. The molecule has 1 aliphatic rings. The number of nitrogen functional groups attached to an aromatic ring is 1. The van der Waals surface area contributed by atoms with Crippen LogP contribution in [0.2, 0.25) is 0 Å². The molecule has 0 fully saturated rings. The highest BCUT2D eigenvalue weighted by atomic mass is 15.4. The van der Waals surface area contributed by atoms with Crippen LogP contribution >= 0.6 is 0 Å². The number of nitrogens with zero attached hydrogens (tertiary/aromatic N) is 3. The first kappa shape index (κ1) is 13.8. The largest absolute Gasteiger partial charge is 0.366 e. The van der Waals surface area contributed by atoms with E-state index < -0.39 is 0 Å². The van der Waals surface area contributed by atoms with Crippen molar-refractivity contribution >= 4 is 11.9 Å². The molecule has 0 amide bonds. The maximum Gasteiger partial charge on any atom is 0.241 e. The molecule has 0 unspecified atom stereocenters. The minimum Gasteiger partial charge on any atom is -0.366 e. The van der Waals surface area contributed by atoms with Gasteiger partial charge < -0.3 is 11.1 Å². The van der Waals surface area contributed by atoms with E-state index in [-0.39, 0.29) is 12.1 Å². The topological polar surface area (TPSA) is 68.8 Å². The Morgan fingerprint density at radius 1 is 1.09 bits per heavy atom. The van der Waals surface area contributed by atoms with Crippen LogP contribution in [-0.4, -0.2) is 14.8 Å². The Morgan fingerprint density at radius 2 is 1.87 bits per heavy atom. The van der Waals surface area contributed by atoms with Gasteiger partial charge in [0.2, 0.25) is 11.9 Å².